The van der Waals surface area contributed by atoms with E-state index < -0.39 is 12.3 Å². The minimum absolute atomic E-state index is 0.0933. The Bertz CT molecular complexity index is 693. The number of phenols is 1. The van der Waals surface area contributed by atoms with Crippen LogP contribution in [0, 0.1) is 0 Å². The quantitative estimate of drug-likeness (QED) is 0.353. The van der Waals surface area contributed by atoms with Crippen LogP contribution < -0.4 is 5.32 Å². The predicted molar refractivity (Wildman–Crippen MR) is 117 cm³/mol. The molecule has 1 unspecified atom stereocenters. The van der Waals surface area contributed by atoms with Crippen molar-refractivity contribution in [2.45, 2.75) is 57.6 Å². The highest BCUT2D eigenvalue weighted by atomic mass is 16.5. The Morgan fingerprint density at radius 2 is 1.57 bits per heavy atom. The van der Waals surface area contributed by atoms with Gasteiger partial charge in [0, 0.05) is 6.04 Å². The van der Waals surface area contributed by atoms with Crippen LogP contribution in [-0.4, -0.2) is 59.6 Å². The van der Waals surface area contributed by atoms with Crippen molar-refractivity contribution < 1.29 is 24.8 Å². The lowest BCUT2D eigenvalue weighted by Crippen LogP contribution is -2.43. The molecule has 0 radical (unpaired) electrons. The van der Waals surface area contributed by atoms with Gasteiger partial charge in [-0.05, 0) is 56.4 Å². The third-order valence-corrected chi connectivity index (χ3v) is 4.69. The molecule has 0 aliphatic rings. The third-order valence-electron chi connectivity index (χ3n) is 4.69. The lowest BCUT2D eigenvalue weighted by atomic mass is 10.0. The molecule has 0 amide bonds. The van der Waals surface area contributed by atoms with E-state index in [1.807, 2.05) is 37.3 Å². The first-order valence-corrected chi connectivity index (χ1v) is 10.6. The zero-order valence-corrected chi connectivity index (χ0v) is 17.9. The normalized spacial score (nSPS) is 15.5. The number of hydrogen-bond donors (Lipinski definition) is 4. The van der Waals surface area contributed by atoms with Gasteiger partial charge >= 0.3 is 0 Å². The van der Waals surface area contributed by atoms with E-state index in [0.29, 0.717) is 26.1 Å². The van der Waals surface area contributed by atoms with Crippen LogP contribution >= 0.6 is 0 Å². The molecule has 30 heavy (non-hydrogen) atoms. The van der Waals surface area contributed by atoms with Crippen molar-refractivity contribution >= 4 is 0 Å². The van der Waals surface area contributed by atoms with Gasteiger partial charge in [0.2, 0.25) is 0 Å². The molecule has 6 heteroatoms. The van der Waals surface area contributed by atoms with E-state index in [2.05, 4.69) is 17.4 Å². The second-order valence-corrected chi connectivity index (χ2v) is 7.80. The molecular weight excluding hydrogens is 382 g/mol. The number of nitrogens with one attached hydrogen (secondary N) is 1. The Kier molecular flexibility index (Phi) is 10.8. The maximum Gasteiger partial charge on any atom is 0.115 e. The van der Waals surface area contributed by atoms with Gasteiger partial charge in [0.1, 0.15) is 12.0 Å². The summed E-state index contributed by atoms with van der Waals surface area (Å²) >= 11 is 0. The molecule has 0 fully saturated rings. The first kappa shape index (κ1) is 24.3. The minimum Gasteiger partial charge on any atom is -0.508 e. The van der Waals surface area contributed by atoms with Gasteiger partial charge in [-0.15, -0.1) is 0 Å². The minimum atomic E-state index is -0.653. The molecule has 0 bridgehead atoms. The summed E-state index contributed by atoms with van der Waals surface area (Å²) in [5.41, 5.74) is 2.23. The van der Waals surface area contributed by atoms with Crippen molar-refractivity contribution in [2.24, 2.45) is 0 Å². The molecule has 166 valence electrons. The molecular formula is C24H35NO5. The Balaban J connectivity index is 1.85. The number of aliphatic hydroxyl groups is 2. The van der Waals surface area contributed by atoms with Gasteiger partial charge in [-0.2, -0.15) is 0 Å². The van der Waals surface area contributed by atoms with Crippen LogP contribution in [-0.2, 0) is 22.3 Å². The van der Waals surface area contributed by atoms with E-state index in [-0.39, 0.29) is 24.5 Å². The number of aliphatic hydroxyl groups excluding tert-OH is 2. The van der Waals surface area contributed by atoms with Gasteiger partial charge < -0.3 is 24.8 Å². The molecule has 0 saturated heterocycles. The molecule has 4 N–H and O–H groups in total. The van der Waals surface area contributed by atoms with E-state index in [1.54, 1.807) is 19.1 Å². The smallest absolute Gasteiger partial charge is 0.115 e. The summed E-state index contributed by atoms with van der Waals surface area (Å²) in [6, 6.07) is 17.0. The highest BCUT2D eigenvalue weighted by Gasteiger charge is 2.16. The Labute approximate surface area is 179 Å². The van der Waals surface area contributed by atoms with Crippen molar-refractivity contribution in [2.75, 3.05) is 19.8 Å². The summed E-state index contributed by atoms with van der Waals surface area (Å²) in [6.45, 7) is 4.67. The standard InChI is InChI=1S/C24H35NO5/c1-18(26)15-30-19(2)16-29-17-22(14-21-8-11-23(27)12-9-21)25-24(28)13-10-20-6-4-3-5-7-20/h3-9,11-12,18-19,22,24-28H,10,13-17H2,1-2H3/t18-,19-,22-,24?/m0/s1. The van der Waals surface area contributed by atoms with Crippen LogP contribution in [0.2, 0.25) is 0 Å². The van der Waals surface area contributed by atoms with Gasteiger partial charge in [-0.25, -0.2) is 0 Å². The molecule has 2 rings (SSSR count). The molecule has 2 aromatic rings. The van der Waals surface area contributed by atoms with Gasteiger partial charge in [-0.1, -0.05) is 42.5 Å². The van der Waals surface area contributed by atoms with Gasteiger partial charge in [0.15, 0.2) is 0 Å². The lowest BCUT2D eigenvalue weighted by molar-refractivity contribution is -0.0418. The summed E-state index contributed by atoms with van der Waals surface area (Å²) in [5, 5.41) is 32.6. The highest BCUT2D eigenvalue weighted by molar-refractivity contribution is 5.26. The SMILES string of the molecule is C[C@H](O)CO[C@@H](C)COC[C@H](Cc1ccc(O)cc1)NC(O)CCc1ccccc1. The maximum absolute atomic E-state index is 10.5. The maximum atomic E-state index is 10.5. The van der Waals surface area contributed by atoms with E-state index in [4.69, 9.17) is 9.47 Å². The second kappa shape index (κ2) is 13.4. The van der Waals surface area contributed by atoms with Crippen molar-refractivity contribution in [3.05, 3.63) is 65.7 Å². The average molecular weight is 418 g/mol. The van der Waals surface area contributed by atoms with Gasteiger partial charge in [0.05, 0.1) is 32.0 Å². The molecule has 0 spiro atoms. The van der Waals surface area contributed by atoms with Crippen LogP contribution in [0.4, 0.5) is 0 Å². The van der Waals surface area contributed by atoms with Crippen LogP contribution in [0.5, 0.6) is 5.75 Å². The number of hydrogen-bond acceptors (Lipinski definition) is 6. The van der Waals surface area contributed by atoms with Crippen molar-refractivity contribution in [1.29, 1.82) is 0 Å². The van der Waals surface area contributed by atoms with E-state index in [9.17, 15) is 15.3 Å². The first-order chi connectivity index (χ1) is 14.4. The fourth-order valence-electron chi connectivity index (χ4n) is 3.11. The summed E-state index contributed by atoms with van der Waals surface area (Å²) in [7, 11) is 0. The van der Waals surface area contributed by atoms with E-state index >= 15 is 0 Å². The molecule has 0 aliphatic heterocycles. The van der Waals surface area contributed by atoms with Crippen LogP contribution in [0.3, 0.4) is 0 Å². The summed E-state index contributed by atoms with van der Waals surface area (Å²) < 4.78 is 11.3. The fraction of sp³-hybridized carbons (Fsp3) is 0.500. The van der Waals surface area contributed by atoms with Crippen LogP contribution in [0.25, 0.3) is 0 Å². The Hall–Kier alpha value is -1.96. The summed E-state index contributed by atoms with van der Waals surface area (Å²) in [6.07, 6.45) is 0.759. The second-order valence-electron chi connectivity index (χ2n) is 7.80. The number of aryl methyl sites for hydroxylation is 1. The predicted octanol–water partition coefficient (Wildman–Crippen LogP) is 2.65. The number of aromatic hydroxyl groups is 1. The van der Waals surface area contributed by atoms with Crippen molar-refractivity contribution in [3.63, 3.8) is 0 Å². The highest BCUT2D eigenvalue weighted by Crippen LogP contribution is 2.12. The van der Waals surface area contributed by atoms with Crippen LogP contribution in [0.1, 0.15) is 31.4 Å². The fourth-order valence-corrected chi connectivity index (χ4v) is 3.11. The van der Waals surface area contributed by atoms with Crippen LogP contribution in [0.15, 0.2) is 54.6 Å². The lowest BCUT2D eigenvalue weighted by Gasteiger charge is -2.24. The zero-order chi connectivity index (χ0) is 21.8. The zero-order valence-electron chi connectivity index (χ0n) is 17.9. The Morgan fingerprint density at radius 3 is 2.23 bits per heavy atom. The molecule has 0 saturated carbocycles. The Morgan fingerprint density at radius 1 is 0.867 bits per heavy atom. The topological polar surface area (TPSA) is 91.2 Å². The first-order valence-electron chi connectivity index (χ1n) is 10.6. The largest absolute Gasteiger partial charge is 0.508 e. The average Bonchev–Trinajstić information content (AvgIpc) is 2.73. The third kappa shape index (κ3) is 10.2. The van der Waals surface area contributed by atoms with Crippen molar-refractivity contribution in [3.8, 4) is 5.75 Å². The molecule has 0 aromatic heterocycles. The van der Waals surface area contributed by atoms with Gasteiger partial charge in [-0.3, -0.25) is 5.32 Å². The van der Waals surface area contributed by atoms with E-state index in [1.165, 1.54) is 5.56 Å². The molecule has 0 aliphatic carbocycles. The molecule has 6 nitrogen and oxygen atoms in total. The molecule has 2 aromatic carbocycles. The monoisotopic (exact) mass is 417 g/mol. The number of ether oxygens (including phenoxy) is 2. The number of benzene rings is 2. The summed E-state index contributed by atoms with van der Waals surface area (Å²) in [5.74, 6) is 0.228. The molecule has 4 atom stereocenters. The number of phenolic OH excluding ortho intramolecular Hbond substituents is 1. The van der Waals surface area contributed by atoms with Crippen molar-refractivity contribution in [1.82, 2.24) is 5.32 Å². The summed E-state index contributed by atoms with van der Waals surface area (Å²) in [4.78, 5) is 0. The molecule has 0 heterocycles. The van der Waals surface area contributed by atoms with E-state index in [0.717, 1.165) is 12.0 Å². The van der Waals surface area contributed by atoms with Gasteiger partial charge in [0.25, 0.3) is 0 Å². The number of rotatable bonds is 14.